The molecule has 2 atom stereocenters. The molecule has 0 bridgehead atoms. The highest BCUT2D eigenvalue weighted by Crippen LogP contribution is 2.23. The summed E-state index contributed by atoms with van der Waals surface area (Å²) in [6, 6.07) is 8.12. The Labute approximate surface area is 128 Å². The predicted molar refractivity (Wildman–Crippen MR) is 85.4 cm³/mol. The number of benzene rings is 1. The van der Waals surface area contributed by atoms with Crippen LogP contribution in [0.5, 0.6) is 0 Å². The minimum absolute atomic E-state index is 0.116. The molecule has 1 aromatic rings. The van der Waals surface area contributed by atoms with E-state index in [1.54, 1.807) is 0 Å². The third kappa shape index (κ3) is 4.31. The Bertz CT molecular complexity index is 453. The molecule has 2 rings (SSSR count). The van der Waals surface area contributed by atoms with Crippen LogP contribution in [-0.4, -0.2) is 34.6 Å². The van der Waals surface area contributed by atoms with Crippen molar-refractivity contribution in [3.05, 3.63) is 35.4 Å². The van der Waals surface area contributed by atoms with Crippen LogP contribution in [0.4, 0.5) is 0 Å². The maximum atomic E-state index is 12.8. The van der Waals surface area contributed by atoms with Gasteiger partial charge >= 0.3 is 0 Å². The second kappa shape index (κ2) is 7.60. The normalized spacial score (nSPS) is 20.9. The zero-order chi connectivity index (χ0) is 15.2. The zero-order valence-electron chi connectivity index (χ0n) is 13.2. The first-order valence-corrected chi connectivity index (χ1v) is 8.19. The first-order chi connectivity index (χ1) is 10.1. The lowest BCUT2D eigenvalue weighted by molar-refractivity contribution is 0.0607. The molecule has 2 unspecified atom stereocenters. The standard InChI is InChI=1S/C18H27NO2/c1-3-15-8-10-16(11-9-15)18(21)19-12-6-4-5-7-17(19)13-14(2)20/h8-11,14,17,20H,3-7,12-13H2,1-2H3. The van der Waals surface area contributed by atoms with E-state index in [4.69, 9.17) is 0 Å². The smallest absolute Gasteiger partial charge is 0.254 e. The third-order valence-electron chi connectivity index (χ3n) is 4.36. The van der Waals surface area contributed by atoms with E-state index in [9.17, 15) is 9.90 Å². The molecule has 1 amide bonds. The highest BCUT2D eigenvalue weighted by Gasteiger charge is 2.27. The maximum Gasteiger partial charge on any atom is 0.254 e. The molecule has 0 aromatic heterocycles. The first kappa shape index (κ1) is 16.0. The van der Waals surface area contributed by atoms with Gasteiger partial charge < -0.3 is 10.0 Å². The number of amides is 1. The summed E-state index contributed by atoms with van der Waals surface area (Å²) in [4.78, 5) is 14.8. The van der Waals surface area contributed by atoms with E-state index in [1.807, 2.05) is 36.1 Å². The number of hydrogen-bond acceptors (Lipinski definition) is 2. The maximum absolute atomic E-state index is 12.8. The van der Waals surface area contributed by atoms with E-state index in [0.717, 1.165) is 37.8 Å². The van der Waals surface area contributed by atoms with Gasteiger partial charge in [0, 0.05) is 18.2 Å². The van der Waals surface area contributed by atoms with Gasteiger partial charge in [0.2, 0.25) is 0 Å². The molecule has 3 heteroatoms. The highest BCUT2D eigenvalue weighted by atomic mass is 16.3. The average molecular weight is 289 g/mol. The van der Waals surface area contributed by atoms with Crippen molar-refractivity contribution in [2.24, 2.45) is 0 Å². The molecule has 1 aliphatic rings. The van der Waals surface area contributed by atoms with Crippen molar-refractivity contribution in [1.82, 2.24) is 4.90 Å². The molecule has 21 heavy (non-hydrogen) atoms. The Balaban J connectivity index is 2.15. The van der Waals surface area contributed by atoms with Gasteiger partial charge in [-0.05, 0) is 50.3 Å². The summed E-state index contributed by atoms with van der Waals surface area (Å²) in [7, 11) is 0. The van der Waals surface area contributed by atoms with Crippen LogP contribution in [0.2, 0.25) is 0 Å². The first-order valence-electron chi connectivity index (χ1n) is 8.19. The number of carbonyl (C=O) groups excluding carboxylic acids is 1. The van der Waals surface area contributed by atoms with Gasteiger partial charge in [-0.25, -0.2) is 0 Å². The van der Waals surface area contributed by atoms with Crippen LogP contribution in [0.25, 0.3) is 0 Å². The van der Waals surface area contributed by atoms with Gasteiger partial charge in [0.25, 0.3) is 5.91 Å². The fraction of sp³-hybridized carbons (Fsp3) is 0.611. The molecular weight excluding hydrogens is 262 g/mol. The number of aliphatic hydroxyl groups excluding tert-OH is 1. The quantitative estimate of drug-likeness (QED) is 0.923. The number of likely N-dealkylation sites (tertiary alicyclic amines) is 1. The van der Waals surface area contributed by atoms with Gasteiger partial charge in [-0.15, -0.1) is 0 Å². The van der Waals surface area contributed by atoms with Gasteiger partial charge in [0.15, 0.2) is 0 Å². The monoisotopic (exact) mass is 289 g/mol. The Morgan fingerprint density at radius 3 is 2.62 bits per heavy atom. The van der Waals surface area contributed by atoms with Crippen molar-refractivity contribution in [2.45, 2.75) is 64.5 Å². The molecule has 116 valence electrons. The largest absolute Gasteiger partial charge is 0.393 e. The van der Waals surface area contributed by atoms with Crippen molar-refractivity contribution in [2.75, 3.05) is 6.54 Å². The Morgan fingerprint density at radius 2 is 2.00 bits per heavy atom. The summed E-state index contributed by atoms with van der Waals surface area (Å²) >= 11 is 0. The number of hydrogen-bond donors (Lipinski definition) is 1. The van der Waals surface area contributed by atoms with Crippen LogP contribution in [0.1, 0.15) is 61.9 Å². The van der Waals surface area contributed by atoms with Gasteiger partial charge in [0.1, 0.15) is 0 Å². The molecule has 0 saturated carbocycles. The molecule has 1 saturated heterocycles. The number of carbonyl (C=O) groups is 1. The predicted octanol–water partition coefficient (Wildman–Crippen LogP) is 3.40. The Morgan fingerprint density at radius 1 is 1.29 bits per heavy atom. The van der Waals surface area contributed by atoms with Crippen LogP contribution in [0, 0.1) is 0 Å². The minimum atomic E-state index is -0.356. The summed E-state index contributed by atoms with van der Waals surface area (Å²) in [5, 5.41) is 9.70. The molecule has 1 N–H and O–H groups in total. The van der Waals surface area contributed by atoms with Crippen LogP contribution in [-0.2, 0) is 6.42 Å². The fourth-order valence-electron chi connectivity index (χ4n) is 3.13. The van der Waals surface area contributed by atoms with E-state index in [1.165, 1.54) is 12.0 Å². The summed E-state index contributed by atoms with van der Waals surface area (Å²) in [6.07, 6.45) is 5.71. The van der Waals surface area contributed by atoms with Crippen molar-refractivity contribution in [3.8, 4) is 0 Å². The number of aliphatic hydroxyl groups is 1. The van der Waals surface area contributed by atoms with Crippen molar-refractivity contribution in [1.29, 1.82) is 0 Å². The van der Waals surface area contributed by atoms with Crippen molar-refractivity contribution in [3.63, 3.8) is 0 Å². The van der Waals surface area contributed by atoms with Gasteiger partial charge in [-0.1, -0.05) is 31.9 Å². The van der Waals surface area contributed by atoms with Crippen LogP contribution < -0.4 is 0 Å². The summed E-state index contributed by atoms with van der Waals surface area (Å²) in [5.74, 6) is 0.116. The molecule has 1 heterocycles. The summed E-state index contributed by atoms with van der Waals surface area (Å²) in [5.41, 5.74) is 2.02. The summed E-state index contributed by atoms with van der Waals surface area (Å²) < 4.78 is 0. The van der Waals surface area contributed by atoms with Gasteiger partial charge in [0.05, 0.1) is 6.10 Å². The number of nitrogens with zero attached hydrogens (tertiary/aromatic N) is 1. The average Bonchev–Trinajstić information content (AvgIpc) is 2.71. The van der Waals surface area contributed by atoms with E-state index in [0.29, 0.717) is 6.42 Å². The number of aryl methyl sites for hydroxylation is 1. The second-order valence-electron chi connectivity index (χ2n) is 6.14. The van der Waals surface area contributed by atoms with Gasteiger partial charge in [-0.3, -0.25) is 4.79 Å². The summed E-state index contributed by atoms with van der Waals surface area (Å²) in [6.45, 7) is 4.74. The third-order valence-corrected chi connectivity index (χ3v) is 4.36. The molecule has 3 nitrogen and oxygen atoms in total. The lowest BCUT2D eigenvalue weighted by Crippen LogP contribution is -2.41. The Hall–Kier alpha value is -1.35. The van der Waals surface area contributed by atoms with Crippen LogP contribution in [0.3, 0.4) is 0 Å². The molecule has 1 aliphatic heterocycles. The van der Waals surface area contributed by atoms with Crippen LogP contribution >= 0.6 is 0 Å². The van der Waals surface area contributed by atoms with Gasteiger partial charge in [-0.2, -0.15) is 0 Å². The lowest BCUT2D eigenvalue weighted by Gasteiger charge is -2.31. The topological polar surface area (TPSA) is 40.5 Å². The fourth-order valence-corrected chi connectivity index (χ4v) is 3.13. The van der Waals surface area contributed by atoms with Crippen molar-refractivity contribution < 1.29 is 9.90 Å². The molecule has 0 radical (unpaired) electrons. The van der Waals surface area contributed by atoms with E-state index >= 15 is 0 Å². The van der Waals surface area contributed by atoms with Crippen molar-refractivity contribution >= 4 is 5.91 Å². The molecule has 1 fully saturated rings. The van der Waals surface area contributed by atoms with E-state index in [2.05, 4.69) is 6.92 Å². The van der Waals surface area contributed by atoms with Crippen LogP contribution in [0.15, 0.2) is 24.3 Å². The van der Waals surface area contributed by atoms with E-state index in [-0.39, 0.29) is 18.1 Å². The molecule has 0 aliphatic carbocycles. The second-order valence-corrected chi connectivity index (χ2v) is 6.14. The number of rotatable bonds is 4. The molecular formula is C18H27NO2. The highest BCUT2D eigenvalue weighted by molar-refractivity contribution is 5.94. The lowest BCUT2D eigenvalue weighted by atomic mass is 10.0. The molecule has 0 spiro atoms. The SMILES string of the molecule is CCc1ccc(C(=O)N2CCCCCC2CC(C)O)cc1. The molecule has 1 aromatic carbocycles. The zero-order valence-corrected chi connectivity index (χ0v) is 13.2. The minimum Gasteiger partial charge on any atom is -0.393 e. The van der Waals surface area contributed by atoms with E-state index < -0.39 is 0 Å². The Kier molecular flexibility index (Phi) is 5.80.